The van der Waals surface area contributed by atoms with E-state index in [1.807, 2.05) is 41.8 Å². The third kappa shape index (κ3) is 6.13. The lowest BCUT2D eigenvalue weighted by Crippen LogP contribution is -2.35. The van der Waals surface area contributed by atoms with Gasteiger partial charge in [0, 0.05) is 12.2 Å². The van der Waals surface area contributed by atoms with Crippen molar-refractivity contribution in [2.24, 2.45) is 5.92 Å². The maximum absolute atomic E-state index is 14.0. The van der Waals surface area contributed by atoms with Crippen LogP contribution in [0.5, 0.6) is 5.75 Å². The summed E-state index contributed by atoms with van der Waals surface area (Å²) in [4.78, 5) is 12.7. The highest BCUT2D eigenvalue weighted by Gasteiger charge is 2.22. The molecule has 0 radical (unpaired) electrons. The van der Waals surface area contributed by atoms with Crippen molar-refractivity contribution >= 4 is 17.7 Å². The maximum Gasteiger partial charge on any atom is 0.233 e. The van der Waals surface area contributed by atoms with Crippen LogP contribution in [0.3, 0.4) is 0 Å². The first-order valence-corrected chi connectivity index (χ1v) is 12.3. The molecule has 0 aliphatic heterocycles. The molecule has 8 heteroatoms. The molecule has 1 amide bonds. The highest BCUT2D eigenvalue weighted by Crippen LogP contribution is 2.27. The van der Waals surface area contributed by atoms with Crippen molar-refractivity contribution < 1.29 is 13.9 Å². The lowest BCUT2D eigenvalue weighted by molar-refractivity contribution is -0.120. The fourth-order valence-electron chi connectivity index (χ4n) is 4.00. The molecule has 1 saturated carbocycles. The number of amides is 1. The summed E-state index contributed by atoms with van der Waals surface area (Å²) in [5, 5.41) is 12.0. The van der Waals surface area contributed by atoms with E-state index in [0.717, 1.165) is 12.2 Å². The molecule has 0 bridgehead atoms. The Kier molecular flexibility index (Phi) is 7.99. The Labute approximate surface area is 197 Å². The van der Waals surface area contributed by atoms with E-state index in [1.165, 1.54) is 49.9 Å². The normalized spacial score (nSPS) is 15.2. The molecule has 6 nitrogen and oxygen atoms in total. The molecule has 1 N–H and O–H groups in total. The molecule has 3 aromatic rings. The first kappa shape index (κ1) is 23.3. The van der Waals surface area contributed by atoms with Gasteiger partial charge in [-0.15, -0.1) is 10.2 Å². The minimum Gasteiger partial charge on any atom is -0.483 e. The average molecular weight is 469 g/mol. The molecule has 1 aromatic heterocycles. The lowest BCUT2D eigenvalue weighted by atomic mass is 9.89. The summed E-state index contributed by atoms with van der Waals surface area (Å²) in [6.07, 6.45) is 6.19. The standard InChI is InChI=1S/C25H29FN4O2S/c1-18(24(31)27-16-19-10-4-2-5-11-19)33-25-29-28-23(30(25)20-12-6-3-7-13-20)17-32-22-15-9-8-14-21(22)26/h3,6-9,12-15,18-19H,2,4-5,10-11,16-17H2,1H3,(H,27,31). The van der Waals surface area contributed by atoms with Crippen LogP contribution in [0, 0.1) is 11.7 Å². The Morgan fingerprint density at radius 1 is 1.12 bits per heavy atom. The Hall–Kier alpha value is -2.87. The molecule has 2 aromatic carbocycles. The molecule has 1 aliphatic rings. The fourth-order valence-corrected chi connectivity index (χ4v) is 4.91. The lowest BCUT2D eigenvalue weighted by Gasteiger charge is -2.22. The quantitative estimate of drug-likeness (QED) is 0.439. The number of nitrogens with zero attached hydrogens (tertiary/aromatic N) is 3. The van der Waals surface area contributed by atoms with Crippen LogP contribution in [0.15, 0.2) is 59.8 Å². The predicted octanol–water partition coefficient (Wildman–Crippen LogP) is 5.16. The van der Waals surface area contributed by atoms with Crippen molar-refractivity contribution in [3.8, 4) is 11.4 Å². The van der Waals surface area contributed by atoms with E-state index in [1.54, 1.807) is 18.2 Å². The van der Waals surface area contributed by atoms with Gasteiger partial charge in [0.05, 0.1) is 5.25 Å². The van der Waals surface area contributed by atoms with Gasteiger partial charge >= 0.3 is 0 Å². The number of para-hydroxylation sites is 2. The summed E-state index contributed by atoms with van der Waals surface area (Å²) in [5.41, 5.74) is 0.854. The van der Waals surface area contributed by atoms with E-state index in [4.69, 9.17) is 4.74 Å². The number of benzene rings is 2. The van der Waals surface area contributed by atoms with Gasteiger partial charge in [0.1, 0.15) is 6.61 Å². The molecular weight excluding hydrogens is 439 g/mol. The molecule has 0 saturated heterocycles. The SMILES string of the molecule is CC(Sc1nnc(COc2ccccc2F)n1-c1ccccc1)C(=O)NCC1CCCCC1. The van der Waals surface area contributed by atoms with Crippen LogP contribution < -0.4 is 10.1 Å². The topological polar surface area (TPSA) is 69.0 Å². The molecule has 4 rings (SSSR count). The Morgan fingerprint density at radius 2 is 1.85 bits per heavy atom. The number of thioether (sulfide) groups is 1. The smallest absolute Gasteiger partial charge is 0.233 e. The average Bonchev–Trinajstić information content (AvgIpc) is 3.25. The van der Waals surface area contributed by atoms with E-state index in [-0.39, 0.29) is 23.5 Å². The third-order valence-electron chi connectivity index (χ3n) is 5.85. The van der Waals surface area contributed by atoms with Crippen LogP contribution in [0.1, 0.15) is 44.9 Å². The Bertz CT molecular complexity index is 1050. The van der Waals surface area contributed by atoms with Gasteiger partial charge in [0.15, 0.2) is 22.5 Å². The van der Waals surface area contributed by atoms with Crippen molar-refractivity contribution in [3.05, 3.63) is 66.2 Å². The van der Waals surface area contributed by atoms with E-state index in [9.17, 15) is 9.18 Å². The van der Waals surface area contributed by atoms with Crippen molar-refractivity contribution in [2.45, 2.75) is 56.0 Å². The van der Waals surface area contributed by atoms with Crippen LogP contribution in [0.25, 0.3) is 5.69 Å². The molecule has 33 heavy (non-hydrogen) atoms. The zero-order chi connectivity index (χ0) is 23.0. The molecule has 0 spiro atoms. The van der Waals surface area contributed by atoms with Crippen LogP contribution >= 0.6 is 11.8 Å². The van der Waals surface area contributed by atoms with Gasteiger partial charge in [-0.25, -0.2) is 4.39 Å². The molecule has 1 aliphatic carbocycles. The summed E-state index contributed by atoms with van der Waals surface area (Å²) in [5.74, 6) is 0.833. The van der Waals surface area contributed by atoms with Gasteiger partial charge in [-0.1, -0.05) is 61.4 Å². The first-order chi connectivity index (χ1) is 16.1. The summed E-state index contributed by atoms with van der Waals surface area (Å²) >= 11 is 1.35. The molecule has 1 heterocycles. The summed E-state index contributed by atoms with van der Waals surface area (Å²) < 4.78 is 21.5. The number of carbonyl (C=O) groups is 1. The minimum atomic E-state index is -0.430. The second-order valence-corrected chi connectivity index (χ2v) is 9.61. The number of ether oxygens (including phenoxy) is 1. The summed E-state index contributed by atoms with van der Waals surface area (Å²) in [6, 6.07) is 15.9. The number of hydrogen-bond acceptors (Lipinski definition) is 5. The number of nitrogens with one attached hydrogen (secondary N) is 1. The number of rotatable bonds is 9. The van der Waals surface area contributed by atoms with Crippen molar-refractivity contribution in [1.29, 1.82) is 0 Å². The maximum atomic E-state index is 14.0. The van der Waals surface area contributed by atoms with Gasteiger partial charge in [-0.2, -0.15) is 0 Å². The van der Waals surface area contributed by atoms with Crippen molar-refractivity contribution in [3.63, 3.8) is 0 Å². The van der Waals surface area contributed by atoms with E-state index in [2.05, 4.69) is 15.5 Å². The molecule has 1 fully saturated rings. The van der Waals surface area contributed by atoms with Gasteiger partial charge < -0.3 is 10.1 Å². The van der Waals surface area contributed by atoms with Gasteiger partial charge in [-0.3, -0.25) is 9.36 Å². The second kappa shape index (κ2) is 11.3. The number of carbonyl (C=O) groups excluding carboxylic acids is 1. The number of aromatic nitrogens is 3. The van der Waals surface area contributed by atoms with E-state index < -0.39 is 5.82 Å². The highest BCUT2D eigenvalue weighted by molar-refractivity contribution is 8.00. The Morgan fingerprint density at radius 3 is 2.61 bits per heavy atom. The molecule has 174 valence electrons. The van der Waals surface area contributed by atoms with E-state index >= 15 is 0 Å². The summed E-state index contributed by atoms with van der Waals surface area (Å²) in [6.45, 7) is 2.66. The van der Waals surface area contributed by atoms with Gasteiger partial charge in [-0.05, 0) is 49.9 Å². The number of halogens is 1. The fraction of sp³-hybridized carbons (Fsp3) is 0.400. The van der Waals surface area contributed by atoms with Crippen molar-refractivity contribution in [2.75, 3.05) is 6.54 Å². The molecule has 1 atom stereocenters. The molecule has 1 unspecified atom stereocenters. The largest absolute Gasteiger partial charge is 0.483 e. The first-order valence-electron chi connectivity index (χ1n) is 11.4. The van der Waals surface area contributed by atoms with E-state index in [0.29, 0.717) is 16.9 Å². The monoisotopic (exact) mass is 468 g/mol. The highest BCUT2D eigenvalue weighted by atomic mass is 32.2. The van der Waals surface area contributed by atoms with Crippen LogP contribution in [0.2, 0.25) is 0 Å². The molecular formula is C25H29FN4O2S. The zero-order valence-corrected chi connectivity index (χ0v) is 19.6. The zero-order valence-electron chi connectivity index (χ0n) is 18.7. The predicted molar refractivity (Wildman–Crippen MR) is 127 cm³/mol. The number of hydrogen-bond donors (Lipinski definition) is 1. The van der Waals surface area contributed by atoms with Crippen molar-refractivity contribution in [1.82, 2.24) is 20.1 Å². The second-order valence-electron chi connectivity index (χ2n) is 8.30. The third-order valence-corrected chi connectivity index (χ3v) is 6.89. The van der Waals surface area contributed by atoms with Crippen LogP contribution in [-0.2, 0) is 11.4 Å². The van der Waals surface area contributed by atoms with Gasteiger partial charge in [0.25, 0.3) is 0 Å². The minimum absolute atomic E-state index is 0.00246. The van der Waals surface area contributed by atoms with Gasteiger partial charge in [0.2, 0.25) is 5.91 Å². The van der Waals surface area contributed by atoms with Crippen LogP contribution in [0.4, 0.5) is 4.39 Å². The Balaban J connectivity index is 1.46. The van der Waals surface area contributed by atoms with Crippen LogP contribution in [-0.4, -0.2) is 32.5 Å². The summed E-state index contributed by atoms with van der Waals surface area (Å²) in [7, 11) is 0.